The normalized spacial score (nSPS) is 40.9. The van der Waals surface area contributed by atoms with Crippen LogP contribution in [0.2, 0.25) is 0 Å². The van der Waals surface area contributed by atoms with Gasteiger partial charge in [-0.2, -0.15) is 0 Å². The number of ether oxygens (including phenoxy) is 4. The average Bonchev–Trinajstić information content (AvgIpc) is 3.09. The molecule has 2 fully saturated rings. The quantitative estimate of drug-likeness (QED) is 0.358. The third-order valence-electron chi connectivity index (χ3n) is 4.11. The molecule has 2 rings (SSSR count). The van der Waals surface area contributed by atoms with Gasteiger partial charge in [0, 0.05) is 34.0 Å². The summed E-state index contributed by atoms with van der Waals surface area (Å²) in [6.45, 7) is -3.60. The first-order valence-electron chi connectivity index (χ1n) is 7.78. The second-order valence-corrected chi connectivity index (χ2v) is 8.63. The molecule has 2 saturated heterocycles. The van der Waals surface area contributed by atoms with Gasteiger partial charge in [-0.3, -0.25) is 4.52 Å². The maximum absolute atomic E-state index is 10.3. The van der Waals surface area contributed by atoms with Crippen molar-refractivity contribution in [3.63, 3.8) is 0 Å². The lowest BCUT2D eigenvalue weighted by Gasteiger charge is -2.26. The standard InChI is InChI=1S/C12H21B3O8PS/c1-18-4-8-11(10(16)12(13)22-8)23-24(17,25)20-5-7-6(19-2)3-9(15-14)21-7/h6-12,16H,3-5H2,1-2H3,(H,17,25)/t6-,7-,8-,9-,10?,11+,12-,24?/m1/s1. The molecule has 0 saturated carbocycles. The van der Waals surface area contributed by atoms with Gasteiger partial charge in [-0.1, -0.05) is 0 Å². The van der Waals surface area contributed by atoms with Crippen LogP contribution in [0, 0.1) is 0 Å². The highest BCUT2D eigenvalue weighted by molar-refractivity contribution is 8.07. The van der Waals surface area contributed by atoms with E-state index in [0.29, 0.717) is 6.42 Å². The van der Waals surface area contributed by atoms with E-state index in [9.17, 15) is 10.00 Å². The largest absolute Gasteiger partial charge is 0.388 e. The van der Waals surface area contributed by atoms with Gasteiger partial charge in [-0.05, 0) is 18.2 Å². The van der Waals surface area contributed by atoms with Gasteiger partial charge in [0.15, 0.2) is 0 Å². The highest BCUT2D eigenvalue weighted by Gasteiger charge is 2.45. The maximum Gasteiger partial charge on any atom is 0.325 e. The minimum atomic E-state index is -3.68. The van der Waals surface area contributed by atoms with Crippen LogP contribution in [-0.4, -0.2) is 103 Å². The number of hydrogen-bond donors (Lipinski definition) is 2. The van der Waals surface area contributed by atoms with E-state index < -0.39 is 37.1 Å². The Morgan fingerprint density at radius 2 is 2.00 bits per heavy atom. The van der Waals surface area contributed by atoms with Crippen LogP contribution in [0.15, 0.2) is 0 Å². The summed E-state index contributed by atoms with van der Waals surface area (Å²) >= 11 is 5.02. The predicted octanol–water partition coefficient (Wildman–Crippen LogP) is -1.58. The van der Waals surface area contributed by atoms with E-state index in [1.807, 2.05) is 0 Å². The summed E-state index contributed by atoms with van der Waals surface area (Å²) < 4.78 is 32.1. The highest BCUT2D eigenvalue weighted by atomic mass is 32.5. The summed E-state index contributed by atoms with van der Waals surface area (Å²) in [7, 11) is 15.6. The van der Waals surface area contributed by atoms with Crippen LogP contribution in [0.3, 0.4) is 0 Å². The van der Waals surface area contributed by atoms with Crippen molar-refractivity contribution in [2.45, 2.75) is 48.9 Å². The minimum absolute atomic E-state index is 0.0404. The van der Waals surface area contributed by atoms with Gasteiger partial charge in [-0.25, -0.2) is 0 Å². The van der Waals surface area contributed by atoms with E-state index in [0.717, 1.165) is 0 Å². The van der Waals surface area contributed by atoms with Crippen molar-refractivity contribution in [3.05, 3.63) is 0 Å². The van der Waals surface area contributed by atoms with E-state index in [-0.39, 0.29) is 25.3 Å². The molecule has 0 amide bonds. The lowest BCUT2D eigenvalue weighted by molar-refractivity contribution is -0.0336. The van der Waals surface area contributed by atoms with Crippen molar-refractivity contribution in [2.24, 2.45) is 0 Å². The SMILES string of the molecule is [B][B][C@H]1C[C@@H](OC)[C@@H](COP(O)(=S)O[C@@H]2C(O)[C@H]([B])O[C@@H]2COC)O1. The summed E-state index contributed by atoms with van der Waals surface area (Å²) in [5, 5.41) is 10.1. The van der Waals surface area contributed by atoms with E-state index in [4.69, 9.17) is 55.4 Å². The Balaban J connectivity index is 1.91. The van der Waals surface area contributed by atoms with Crippen LogP contribution >= 0.6 is 6.72 Å². The Bertz CT molecular complexity index is 478. The van der Waals surface area contributed by atoms with Crippen molar-refractivity contribution in [2.75, 3.05) is 27.4 Å². The zero-order valence-electron chi connectivity index (χ0n) is 14.1. The molecule has 0 aromatic rings. The summed E-state index contributed by atoms with van der Waals surface area (Å²) in [4.78, 5) is 10.3. The van der Waals surface area contributed by atoms with E-state index >= 15 is 0 Å². The number of aliphatic hydroxyl groups is 1. The van der Waals surface area contributed by atoms with Crippen LogP contribution in [0.1, 0.15) is 6.42 Å². The monoisotopic (exact) mass is 389 g/mol. The van der Waals surface area contributed by atoms with Gasteiger partial charge in [0.1, 0.15) is 32.3 Å². The van der Waals surface area contributed by atoms with Crippen molar-refractivity contribution < 1.29 is 38.0 Å². The molecule has 2 unspecified atom stereocenters. The fourth-order valence-electron chi connectivity index (χ4n) is 2.81. The van der Waals surface area contributed by atoms with Gasteiger partial charge in [-0.15, -0.1) is 0 Å². The summed E-state index contributed by atoms with van der Waals surface area (Å²) in [5.74, 6) is 0. The molecule has 25 heavy (non-hydrogen) atoms. The Morgan fingerprint density at radius 1 is 1.28 bits per heavy atom. The molecule has 0 aliphatic carbocycles. The van der Waals surface area contributed by atoms with Gasteiger partial charge in [0.25, 0.3) is 0 Å². The lowest BCUT2D eigenvalue weighted by atomic mass is 9.51. The number of hydrogen-bond acceptors (Lipinski definition) is 8. The average molecular weight is 389 g/mol. The number of rotatable bonds is 9. The Hall–Kier alpha value is 0.525. The Labute approximate surface area is 156 Å². The molecule has 0 aromatic heterocycles. The lowest BCUT2D eigenvalue weighted by Crippen LogP contribution is -2.37. The van der Waals surface area contributed by atoms with Crippen LogP contribution < -0.4 is 0 Å². The maximum atomic E-state index is 10.3. The zero-order chi connectivity index (χ0) is 18.6. The summed E-state index contributed by atoms with van der Waals surface area (Å²) in [6, 6.07) is -1.22. The molecular weight excluding hydrogens is 368 g/mol. The smallest absolute Gasteiger partial charge is 0.325 e. The predicted molar refractivity (Wildman–Crippen MR) is 95.2 cm³/mol. The van der Waals surface area contributed by atoms with Gasteiger partial charge >= 0.3 is 6.72 Å². The van der Waals surface area contributed by atoms with Crippen LogP contribution in [0.25, 0.3) is 0 Å². The summed E-state index contributed by atoms with van der Waals surface area (Å²) in [5.41, 5.74) is 0. The van der Waals surface area contributed by atoms with Crippen molar-refractivity contribution in [1.29, 1.82) is 0 Å². The van der Waals surface area contributed by atoms with Gasteiger partial charge < -0.3 is 33.5 Å². The molecule has 0 bridgehead atoms. The molecule has 0 aromatic carbocycles. The number of aliphatic hydroxyl groups excluding tert-OH is 1. The molecule has 2 heterocycles. The highest BCUT2D eigenvalue weighted by Crippen LogP contribution is 2.48. The Morgan fingerprint density at radius 3 is 2.60 bits per heavy atom. The van der Waals surface area contributed by atoms with Crippen LogP contribution in [0.5, 0.6) is 0 Å². The molecule has 13 heteroatoms. The van der Waals surface area contributed by atoms with Crippen molar-refractivity contribution in [1.82, 2.24) is 0 Å². The van der Waals surface area contributed by atoms with Crippen LogP contribution in [0.4, 0.5) is 0 Å². The Kier molecular flexibility index (Phi) is 8.41. The molecule has 2 aliphatic rings. The molecule has 0 spiro atoms. The molecule has 2 aliphatic heterocycles. The topological polar surface area (TPSA) is 95.8 Å². The second-order valence-electron chi connectivity index (χ2n) is 5.83. The van der Waals surface area contributed by atoms with Crippen molar-refractivity contribution >= 4 is 41.3 Å². The molecule has 137 valence electrons. The third-order valence-corrected chi connectivity index (χ3v) is 5.67. The second kappa shape index (κ2) is 9.64. The van der Waals surface area contributed by atoms with Crippen LogP contribution in [-0.2, 0) is 39.8 Å². The van der Waals surface area contributed by atoms with Gasteiger partial charge in [0.2, 0.25) is 0 Å². The first-order valence-corrected chi connectivity index (χ1v) is 10.4. The molecule has 5 radical (unpaired) electrons. The molecular formula is C12H21B3O8PS. The molecule has 8 atom stereocenters. The fourth-order valence-corrected chi connectivity index (χ4v) is 4.26. The van der Waals surface area contributed by atoms with E-state index in [2.05, 4.69) is 0 Å². The minimum Gasteiger partial charge on any atom is -0.388 e. The first-order chi connectivity index (χ1) is 11.8. The fraction of sp³-hybridized carbons (Fsp3) is 1.00. The summed E-state index contributed by atoms with van der Waals surface area (Å²) in [6.07, 6.45) is -2.90. The van der Waals surface area contributed by atoms with Crippen molar-refractivity contribution in [3.8, 4) is 0 Å². The number of methoxy groups -OCH3 is 2. The van der Waals surface area contributed by atoms with E-state index in [1.54, 1.807) is 7.11 Å². The first kappa shape index (κ1) is 21.8. The molecule has 8 nitrogen and oxygen atoms in total. The van der Waals surface area contributed by atoms with Gasteiger partial charge in [0.05, 0.1) is 26.5 Å². The van der Waals surface area contributed by atoms with E-state index in [1.165, 1.54) is 14.3 Å². The zero-order valence-corrected chi connectivity index (χ0v) is 15.8. The third kappa shape index (κ3) is 5.75. The molecule has 2 N–H and O–H groups in total.